The highest BCUT2D eigenvalue weighted by Crippen LogP contribution is 2.37. The van der Waals surface area contributed by atoms with Gasteiger partial charge in [-0.15, -0.1) is 0 Å². The zero-order chi connectivity index (χ0) is 14.1. The van der Waals surface area contributed by atoms with Crippen molar-refractivity contribution >= 4 is 34.3 Å². The summed E-state index contributed by atoms with van der Waals surface area (Å²) in [7, 11) is 0. The number of fused-ring (bicyclic) bond motifs is 1. The zero-order valence-electron chi connectivity index (χ0n) is 10.8. The van der Waals surface area contributed by atoms with Crippen LogP contribution < -0.4 is 0 Å². The van der Waals surface area contributed by atoms with Gasteiger partial charge in [-0.05, 0) is 49.4 Å². The third-order valence-corrected chi connectivity index (χ3v) is 4.58. The Bertz CT molecular complexity index is 813. The summed E-state index contributed by atoms with van der Waals surface area (Å²) in [4.78, 5) is 5.63. The first-order valence-corrected chi connectivity index (χ1v) is 7.32. The molecule has 2 aromatic carbocycles. The number of hydrogen-bond acceptors (Lipinski definition) is 2. The van der Waals surface area contributed by atoms with Crippen LogP contribution in [0.4, 0.5) is 0 Å². The molecule has 0 saturated heterocycles. The highest BCUT2D eigenvalue weighted by molar-refractivity contribution is 7.99. The minimum absolute atomic E-state index is 0.675. The van der Waals surface area contributed by atoms with Crippen molar-refractivity contribution in [2.45, 2.75) is 16.7 Å². The Kier molecular flexibility index (Phi) is 3.43. The highest BCUT2D eigenvalue weighted by Gasteiger charge is 2.10. The fraction of sp³-hybridized carbons (Fsp3) is 0.0625. The number of aromatic amines is 1. The van der Waals surface area contributed by atoms with Crippen molar-refractivity contribution in [2.24, 2.45) is 0 Å². The number of hydrogen-bond donors (Lipinski definition) is 1. The highest BCUT2D eigenvalue weighted by atomic mass is 35.5. The molecule has 3 rings (SSSR count). The Morgan fingerprint density at radius 2 is 1.90 bits per heavy atom. The van der Waals surface area contributed by atoms with Gasteiger partial charge in [-0.25, -0.2) is 0 Å². The monoisotopic (exact) mass is 298 g/mol. The van der Waals surface area contributed by atoms with Crippen molar-refractivity contribution in [3.05, 3.63) is 58.7 Å². The van der Waals surface area contributed by atoms with Crippen molar-refractivity contribution < 1.29 is 0 Å². The Morgan fingerprint density at radius 1 is 1.15 bits per heavy atom. The van der Waals surface area contributed by atoms with E-state index >= 15 is 0 Å². The second kappa shape index (κ2) is 5.24. The summed E-state index contributed by atoms with van der Waals surface area (Å²) in [5, 5.41) is 10.9. The maximum Gasteiger partial charge on any atom is 0.0991 e. The van der Waals surface area contributed by atoms with Crippen LogP contribution in [0.15, 0.2) is 52.3 Å². The molecule has 0 aliphatic rings. The van der Waals surface area contributed by atoms with Gasteiger partial charge in [0.25, 0.3) is 0 Å². The average molecular weight is 299 g/mol. The molecule has 0 bridgehead atoms. The van der Waals surface area contributed by atoms with E-state index in [-0.39, 0.29) is 0 Å². The predicted molar refractivity (Wildman–Crippen MR) is 83.3 cm³/mol. The molecule has 20 heavy (non-hydrogen) atoms. The summed E-state index contributed by atoms with van der Waals surface area (Å²) < 4.78 is 0. The van der Waals surface area contributed by atoms with Gasteiger partial charge < -0.3 is 4.98 Å². The molecule has 4 heteroatoms. The number of benzene rings is 2. The Labute approximate surface area is 126 Å². The van der Waals surface area contributed by atoms with Gasteiger partial charge in [0.15, 0.2) is 0 Å². The first-order chi connectivity index (χ1) is 9.67. The molecule has 1 heterocycles. The van der Waals surface area contributed by atoms with Crippen LogP contribution in [0.5, 0.6) is 0 Å². The van der Waals surface area contributed by atoms with Crippen molar-refractivity contribution in [2.75, 3.05) is 0 Å². The van der Waals surface area contributed by atoms with E-state index in [9.17, 15) is 0 Å². The summed E-state index contributed by atoms with van der Waals surface area (Å²) in [6.45, 7) is 2.05. The first kappa shape index (κ1) is 13.1. The standard InChI is InChI=1S/C16H11ClN2S/c1-10-16(20-13-5-3-12(17)4-6-13)14-8-11(9-18)2-7-15(14)19-10/h2-8,19H,1H3. The fourth-order valence-electron chi connectivity index (χ4n) is 2.12. The van der Waals surface area contributed by atoms with Crippen molar-refractivity contribution in [1.82, 2.24) is 4.98 Å². The Hall–Kier alpha value is -1.89. The number of halogens is 1. The second-order valence-electron chi connectivity index (χ2n) is 4.51. The lowest BCUT2D eigenvalue weighted by Crippen LogP contribution is -1.77. The van der Waals surface area contributed by atoms with Crippen LogP contribution in [0.3, 0.4) is 0 Å². The summed E-state index contributed by atoms with van der Waals surface area (Å²) in [5.41, 5.74) is 2.84. The number of rotatable bonds is 2. The lowest BCUT2D eigenvalue weighted by atomic mass is 10.2. The molecular weight excluding hydrogens is 288 g/mol. The van der Waals surface area contributed by atoms with Gasteiger partial charge in [0.1, 0.15) is 0 Å². The van der Waals surface area contributed by atoms with Gasteiger partial charge in [0, 0.05) is 31.4 Å². The summed E-state index contributed by atoms with van der Waals surface area (Å²) in [5.74, 6) is 0. The Balaban J connectivity index is 2.08. The van der Waals surface area contributed by atoms with Crippen LogP contribution in [0, 0.1) is 18.3 Å². The van der Waals surface area contributed by atoms with Gasteiger partial charge in [-0.1, -0.05) is 23.4 Å². The molecule has 0 fully saturated rings. The molecule has 0 aliphatic heterocycles. The maximum atomic E-state index is 9.03. The van der Waals surface area contributed by atoms with Gasteiger partial charge in [0.2, 0.25) is 0 Å². The van der Waals surface area contributed by atoms with Crippen molar-refractivity contribution in [1.29, 1.82) is 5.26 Å². The van der Waals surface area contributed by atoms with E-state index < -0.39 is 0 Å². The topological polar surface area (TPSA) is 39.6 Å². The number of aryl methyl sites for hydroxylation is 1. The molecule has 0 unspecified atom stereocenters. The van der Waals surface area contributed by atoms with Gasteiger partial charge >= 0.3 is 0 Å². The van der Waals surface area contributed by atoms with Crippen LogP contribution in [0.25, 0.3) is 10.9 Å². The van der Waals surface area contributed by atoms with Crippen molar-refractivity contribution in [3.8, 4) is 6.07 Å². The number of H-pyrrole nitrogens is 1. The minimum atomic E-state index is 0.675. The van der Waals surface area contributed by atoms with E-state index in [1.54, 1.807) is 11.8 Å². The van der Waals surface area contributed by atoms with Crippen LogP contribution in [0.1, 0.15) is 11.3 Å². The van der Waals surface area contributed by atoms with Gasteiger partial charge in [-0.3, -0.25) is 0 Å². The number of nitrogens with one attached hydrogen (secondary N) is 1. The molecule has 0 atom stereocenters. The third-order valence-electron chi connectivity index (χ3n) is 3.09. The molecule has 0 amide bonds. The molecule has 3 aromatic rings. The minimum Gasteiger partial charge on any atom is -0.358 e. The van der Waals surface area contributed by atoms with Crippen LogP contribution in [-0.4, -0.2) is 4.98 Å². The lowest BCUT2D eigenvalue weighted by molar-refractivity contribution is 1.23. The third kappa shape index (κ3) is 2.40. The smallest absolute Gasteiger partial charge is 0.0991 e. The largest absolute Gasteiger partial charge is 0.358 e. The van der Waals surface area contributed by atoms with Crippen LogP contribution in [-0.2, 0) is 0 Å². The molecule has 0 radical (unpaired) electrons. The van der Waals surface area contributed by atoms with E-state index in [1.165, 1.54) is 0 Å². The maximum absolute atomic E-state index is 9.03. The molecule has 0 aliphatic carbocycles. The van der Waals surface area contributed by atoms with E-state index in [1.807, 2.05) is 49.4 Å². The van der Waals surface area contributed by atoms with Gasteiger partial charge in [0.05, 0.1) is 11.6 Å². The number of nitrogens with zero attached hydrogens (tertiary/aromatic N) is 1. The number of aromatic nitrogens is 1. The molecule has 98 valence electrons. The SMILES string of the molecule is Cc1[nH]c2ccc(C#N)cc2c1Sc1ccc(Cl)cc1. The fourth-order valence-corrected chi connectivity index (χ4v) is 3.24. The first-order valence-electron chi connectivity index (χ1n) is 6.13. The molecule has 1 aromatic heterocycles. The Morgan fingerprint density at radius 3 is 2.60 bits per heavy atom. The molecule has 0 saturated carbocycles. The summed E-state index contributed by atoms with van der Waals surface area (Å²) in [6, 6.07) is 15.7. The average Bonchev–Trinajstić information content (AvgIpc) is 2.77. The molecule has 0 spiro atoms. The van der Waals surface area contributed by atoms with Crippen LogP contribution in [0.2, 0.25) is 5.02 Å². The quantitative estimate of drug-likeness (QED) is 0.710. The van der Waals surface area contributed by atoms with Crippen LogP contribution >= 0.6 is 23.4 Å². The van der Waals surface area contributed by atoms with E-state index in [0.29, 0.717) is 5.56 Å². The lowest BCUT2D eigenvalue weighted by Gasteiger charge is -2.02. The van der Waals surface area contributed by atoms with E-state index in [4.69, 9.17) is 16.9 Å². The van der Waals surface area contributed by atoms with E-state index in [0.717, 1.165) is 31.4 Å². The van der Waals surface area contributed by atoms with Gasteiger partial charge in [-0.2, -0.15) is 5.26 Å². The zero-order valence-corrected chi connectivity index (χ0v) is 12.3. The molecule has 1 N–H and O–H groups in total. The predicted octanol–water partition coefficient (Wildman–Crippen LogP) is 5.15. The van der Waals surface area contributed by atoms with Crippen molar-refractivity contribution in [3.63, 3.8) is 0 Å². The number of nitriles is 1. The molecule has 2 nitrogen and oxygen atoms in total. The second-order valence-corrected chi connectivity index (χ2v) is 6.03. The normalized spacial score (nSPS) is 10.7. The summed E-state index contributed by atoms with van der Waals surface area (Å²) >= 11 is 7.59. The summed E-state index contributed by atoms with van der Waals surface area (Å²) in [6.07, 6.45) is 0. The molecular formula is C16H11ClN2S. The van der Waals surface area contributed by atoms with E-state index in [2.05, 4.69) is 11.1 Å².